The van der Waals surface area contributed by atoms with Gasteiger partial charge >= 0.3 is 11.9 Å². The van der Waals surface area contributed by atoms with Crippen LogP contribution in [-0.2, 0) is 4.79 Å². The van der Waals surface area contributed by atoms with Gasteiger partial charge in [-0.2, -0.15) is 5.10 Å². The van der Waals surface area contributed by atoms with Gasteiger partial charge in [0, 0.05) is 5.39 Å². The van der Waals surface area contributed by atoms with Crippen molar-refractivity contribution in [2.75, 3.05) is 0 Å². The predicted molar refractivity (Wildman–Crippen MR) is 95.4 cm³/mol. The molecule has 0 radical (unpaired) electrons. The first-order valence-electron chi connectivity index (χ1n) is 7.84. The van der Waals surface area contributed by atoms with Gasteiger partial charge in [-0.05, 0) is 48.9 Å². The van der Waals surface area contributed by atoms with E-state index in [4.69, 9.17) is 14.3 Å². The Kier molecular flexibility index (Phi) is 4.98. The zero-order valence-corrected chi connectivity index (χ0v) is 13.9. The zero-order valence-electron chi connectivity index (χ0n) is 13.9. The van der Waals surface area contributed by atoms with Crippen LogP contribution in [0.3, 0.4) is 0 Å². The van der Waals surface area contributed by atoms with Crippen molar-refractivity contribution in [2.45, 2.75) is 13.0 Å². The molecular weight excluding hydrogens is 336 g/mol. The molecule has 2 N–H and O–H groups in total. The molecule has 132 valence electrons. The normalized spacial score (nSPS) is 12.2. The molecule has 0 unspecified atom stereocenters. The van der Waals surface area contributed by atoms with Gasteiger partial charge in [-0.15, -0.1) is 0 Å². The summed E-state index contributed by atoms with van der Waals surface area (Å²) in [5.74, 6) is -0.880. The third kappa shape index (κ3) is 4.07. The molecule has 0 saturated carbocycles. The Bertz CT molecular complexity index is 926. The predicted octanol–water partition coefficient (Wildman–Crippen LogP) is 3.05. The second-order valence-electron chi connectivity index (χ2n) is 5.51. The van der Waals surface area contributed by atoms with Crippen molar-refractivity contribution in [3.8, 4) is 5.75 Å². The van der Waals surface area contributed by atoms with E-state index in [1.54, 1.807) is 36.4 Å². The number of hydrazone groups is 1. The number of benzene rings is 2. The molecule has 3 rings (SSSR count). The van der Waals surface area contributed by atoms with Crippen molar-refractivity contribution in [3.63, 3.8) is 0 Å². The van der Waals surface area contributed by atoms with Crippen molar-refractivity contribution in [2.24, 2.45) is 5.10 Å². The topological polar surface area (TPSA) is 101 Å². The molecule has 3 aromatic rings. The summed E-state index contributed by atoms with van der Waals surface area (Å²) in [6.45, 7) is 1.45. The molecule has 0 saturated heterocycles. The van der Waals surface area contributed by atoms with E-state index in [0.717, 1.165) is 5.39 Å². The highest BCUT2D eigenvalue weighted by molar-refractivity contribution is 5.96. The van der Waals surface area contributed by atoms with Gasteiger partial charge in [0.2, 0.25) is 0 Å². The molecular formula is C19H16N2O5. The van der Waals surface area contributed by atoms with Crippen LogP contribution >= 0.6 is 0 Å². The second-order valence-corrected chi connectivity index (χ2v) is 5.51. The SMILES string of the molecule is C[C@H](Oc1ccc(/C=N\NC(=O)c2cc3ccccc3o2)cc1)C(=O)O. The summed E-state index contributed by atoms with van der Waals surface area (Å²) in [4.78, 5) is 22.8. The van der Waals surface area contributed by atoms with Crippen LogP contribution in [0.2, 0.25) is 0 Å². The summed E-state index contributed by atoms with van der Waals surface area (Å²) < 4.78 is 10.7. The molecule has 26 heavy (non-hydrogen) atoms. The minimum Gasteiger partial charge on any atom is -0.479 e. The van der Waals surface area contributed by atoms with Crippen LogP contribution < -0.4 is 10.2 Å². The molecule has 1 aromatic heterocycles. The minimum atomic E-state index is -1.04. The van der Waals surface area contributed by atoms with Gasteiger partial charge in [0.15, 0.2) is 11.9 Å². The molecule has 0 aliphatic carbocycles. The summed E-state index contributed by atoms with van der Waals surface area (Å²) >= 11 is 0. The van der Waals surface area contributed by atoms with E-state index >= 15 is 0 Å². The average molecular weight is 352 g/mol. The number of hydrogen-bond acceptors (Lipinski definition) is 5. The Morgan fingerprint density at radius 1 is 1.19 bits per heavy atom. The summed E-state index contributed by atoms with van der Waals surface area (Å²) in [6.07, 6.45) is 0.530. The summed E-state index contributed by atoms with van der Waals surface area (Å²) in [7, 11) is 0. The third-order valence-corrected chi connectivity index (χ3v) is 3.57. The summed E-state index contributed by atoms with van der Waals surface area (Å²) in [5.41, 5.74) is 3.74. The second kappa shape index (κ2) is 7.52. The Labute approximate surface area is 148 Å². The number of carboxylic acids is 1. The smallest absolute Gasteiger partial charge is 0.344 e. The first-order chi connectivity index (χ1) is 12.5. The summed E-state index contributed by atoms with van der Waals surface area (Å²) in [6, 6.07) is 15.6. The van der Waals surface area contributed by atoms with Crippen molar-refractivity contribution in [1.82, 2.24) is 5.43 Å². The number of furan rings is 1. The van der Waals surface area contributed by atoms with Gasteiger partial charge < -0.3 is 14.3 Å². The molecule has 0 aliphatic heterocycles. The molecule has 1 atom stereocenters. The molecule has 7 nitrogen and oxygen atoms in total. The van der Waals surface area contributed by atoms with Crippen LogP contribution in [0.4, 0.5) is 0 Å². The standard InChI is InChI=1S/C19H16N2O5/c1-12(19(23)24)25-15-8-6-13(7-9-15)11-20-21-18(22)17-10-14-4-2-3-5-16(14)26-17/h2-12H,1H3,(H,21,22)(H,23,24)/b20-11-/t12-/m0/s1. The highest BCUT2D eigenvalue weighted by Gasteiger charge is 2.12. The lowest BCUT2D eigenvalue weighted by atomic mass is 10.2. The fourth-order valence-corrected chi connectivity index (χ4v) is 2.20. The maximum absolute atomic E-state index is 12.0. The molecule has 0 spiro atoms. The van der Waals surface area contributed by atoms with Crippen LogP contribution in [0.1, 0.15) is 23.0 Å². The van der Waals surface area contributed by atoms with Crippen molar-refractivity contribution >= 4 is 29.1 Å². The number of nitrogens with zero attached hydrogens (tertiary/aromatic N) is 1. The molecule has 1 amide bonds. The first-order valence-corrected chi connectivity index (χ1v) is 7.84. The lowest BCUT2D eigenvalue weighted by Gasteiger charge is -2.09. The lowest BCUT2D eigenvalue weighted by molar-refractivity contribution is -0.144. The van der Waals surface area contributed by atoms with Crippen LogP contribution in [0.15, 0.2) is 64.1 Å². The van der Waals surface area contributed by atoms with E-state index in [9.17, 15) is 9.59 Å². The van der Waals surface area contributed by atoms with Gasteiger partial charge in [-0.25, -0.2) is 10.2 Å². The number of para-hydroxylation sites is 1. The van der Waals surface area contributed by atoms with E-state index in [2.05, 4.69) is 10.5 Å². The van der Waals surface area contributed by atoms with Crippen LogP contribution in [0, 0.1) is 0 Å². The molecule has 0 fully saturated rings. The summed E-state index contributed by atoms with van der Waals surface area (Å²) in [5, 5.41) is 13.5. The highest BCUT2D eigenvalue weighted by atomic mass is 16.5. The number of rotatable bonds is 6. The number of ether oxygens (including phenoxy) is 1. The minimum absolute atomic E-state index is 0.176. The average Bonchev–Trinajstić information content (AvgIpc) is 3.07. The molecule has 0 bridgehead atoms. The Morgan fingerprint density at radius 3 is 2.62 bits per heavy atom. The van der Waals surface area contributed by atoms with Crippen LogP contribution in [0.5, 0.6) is 5.75 Å². The number of aliphatic carboxylic acids is 1. The van der Waals surface area contributed by atoms with Crippen molar-refractivity contribution < 1.29 is 23.8 Å². The Balaban J connectivity index is 1.59. The maximum atomic E-state index is 12.0. The number of nitrogens with one attached hydrogen (secondary N) is 1. The quantitative estimate of drug-likeness (QED) is 0.524. The van der Waals surface area contributed by atoms with E-state index in [-0.39, 0.29) is 5.76 Å². The van der Waals surface area contributed by atoms with Gasteiger partial charge in [-0.3, -0.25) is 4.79 Å². The van der Waals surface area contributed by atoms with Crippen LogP contribution in [-0.4, -0.2) is 29.3 Å². The number of amides is 1. The number of carbonyl (C=O) groups is 2. The number of fused-ring (bicyclic) bond motifs is 1. The fourth-order valence-electron chi connectivity index (χ4n) is 2.20. The highest BCUT2D eigenvalue weighted by Crippen LogP contribution is 2.18. The largest absolute Gasteiger partial charge is 0.479 e. The lowest BCUT2D eigenvalue weighted by Crippen LogP contribution is -2.22. The van der Waals surface area contributed by atoms with Gasteiger partial charge in [-0.1, -0.05) is 18.2 Å². The number of carboxylic acid groups (broad SMARTS) is 1. The van der Waals surface area contributed by atoms with E-state index in [0.29, 0.717) is 16.9 Å². The number of hydrogen-bond donors (Lipinski definition) is 2. The van der Waals surface area contributed by atoms with Gasteiger partial charge in [0.25, 0.3) is 0 Å². The molecule has 0 aliphatic rings. The van der Waals surface area contributed by atoms with E-state index < -0.39 is 18.0 Å². The molecule has 7 heteroatoms. The van der Waals surface area contributed by atoms with E-state index in [1.807, 2.05) is 18.2 Å². The Hall–Kier alpha value is -3.61. The van der Waals surface area contributed by atoms with Crippen LogP contribution in [0.25, 0.3) is 11.0 Å². The monoisotopic (exact) mass is 352 g/mol. The van der Waals surface area contributed by atoms with Crippen molar-refractivity contribution in [1.29, 1.82) is 0 Å². The van der Waals surface area contributed by atoms with Gasteiger partial charge in [0.05, 0.1) is 6.21 Å². The zero-order chi connectivity index (χ0) is 18.5. The number of carbonyl (C=O) groups excluding carboxylic acids is 1. The van der Waals surface area contributed by atoms with Crippen molar-refractivity contribution in [3.05, 3.63) is 65.9 Å². The van der Waals surface area contributed by atoms with Gasteiger partial charge in [0.1, 0.15) is 11.3 Å². The fraction of sp³-hybridized carbons (Fsp3) is 0.105. The molecule has 2 aromatic carbocycles. The molecule has 1 heterocycles. The maximum Gasteiger partial charge on any atom is 0.344 e. The Morgan fingerprint density at radius 2 is 1.92 bits per heavy atom. The van der Waals surface area contributed by atoms with E-state index in [1.165, 1.54) is 13.1 Å². The first kappa shape index (κ1) is 17.2. The third-order valence-electron chi connectivity index (χ3n) is 3.57.